The van der Waals surface area contributed by atoms with E-state index in [1.54, 1.807) is 6.92 Å². The molecular formula is C15H19N3O2S2. The van der Waals surface area contributed by atoms with Crippen molar-refractivity contribution in [2.24, 2.45) is 0 Å². The van der Waals surface area contributed by atoms with Crippen LogP contribution in [0.1, 0.15) is 16.3 Å². The van der Waals surface area contributed by atoms with Crippen LogP contribution in [0.2, 0.25) is 0 Å². The molecule has 0 unspecified atom stereocenters. The lowest BCUT2D eigenvalue weighted by Gasteiger charge is -2.23. The van der Waals surface area contributed by atoms with E-state index in [4.69, 9.17) is 0 Å². The molecule has 2 heterocycles. The summed E-state index contributed by atoms with van der Waals surface area (Å²) in [7, 11) is -1.56. The third-order valence-electron chi connectivity index (χ3n) is 3.77. The molecule has 0 fully saturated rings. The predicted molar refractivity (Wildman–Crippen MR) is 88.9 cm³/mol. The molecule has 118 valence electrons. The minimum absolute atomic E-state index is 0.351. The molecule has 3 rings (SSSR count). The summed E-state index contributed by atoms with van der Waals surface area (Å²) in [4.78, 5) is 6.41. The number of aryl methyl sites for hydroxylation is 2. The number of para-hydroxylation sites is 1. The number of thiazole rings is 1. The monoisotopic (exact) mass is 337 g/mol. The number of fused-ring (bicyclic) bond motifs is 1. The van der Waals surface area contributed by atoms with Gasteiger partial charge >= 0.3 is 0 Å². The Kier molecular flexibility index (Phi) is 3.96. The molecule has 1 aromatic heterocycles. The van der Waals surface area contributed by atoms with Crippen molar-refractivity contribution in [1.29, 1.82) is 0 Å². The van der Waals surface area contributed by atoms with Crippen LogP contribution in [0.5, 0.6) is 0 Å². The number of hydrogen-bond donors (Lipinski definition) is 0. The van der Waals surface area contributed by atoms with Gasteiger partial charge in [0.05, 0.1) is 16.4 Å². The Morgan fingerprint density at radius 3 is 2.59 bits per heavy atom. The third kappa shape index (κ3) is 2.64. The van der Waals surface area contributed by atoms with Crippen LogP contribution in [0.25, 0.3) is 0 Å². The lowest BCUT2D eigenvalue weighted by atomic mass is 10.2. The molecule has 1 aromatic carbocycles. The topological polar surface area (TPSA) is 53.5 Å². The highest BCUT2D eigenvalue weighted by atomic mass is 32.2. The van der Waals surface area contributed by atoms with Gasteiger partial charge in [-0.05, 0) is 32.5 Å². The zero-order chi connectivity index (χ0) is 15.9. The predicted octanol–water partition coefficient (Wildman–Crippen LogP) is 2.40. The van der Waals surface area contributed by atoms with Gasteiger partial charge in [-0.1, -0.05) is 18.2 Å². The van der Waals surface area contributed by atoms with Crippen molar-refractivity contribution in [3.05, 3.63) is 40.5 Å². The van der Waals surface area contributed by atoms with Crippen LogP contribution in [0.4, 0.5) is 5.69 Å². The molecule has 0 N–H and O–H groups in total. The van der Waals surface area contributed by atoms with Crippen molar-refractivity contribution in [1.82, 2.24) is 9.88 Å². The quantitative estimate of drug-likeness (QED) is 0.844. The van der Waals surface area contributed by atoms with Crippen LogP contribution in [-0.2, 0) is 16.6 Å². The highest BCUT2D eigenvalue weighted by Gasteiger charge is 2.32. The summed E-state index contributed by atoms with van der Waals surface area (Å²) in [5, 5.41) is 0.774. The molecule has 5 nitrogen and oxygen atoms in total. The molecule has 0 aliphatic carbocycles. The number of sulfonamides is 1. The van der Waals surface area contributed by atoms with Gasteiger partial charge in [-0.25, -0.2) is 13.4 Å². The molecule has 2 aromatic rings. The summed E-state index contributed by atoms with van der Waals surface area (Å²) in [5.41, 5.74) is 2.39. The summed E-state index contributed by atoms with van der Waals surface area (Å²) in [6.07, 6.45) is 0. The van der Waals surface area contributed by atoms with Gasteiger partial charge in [-0.2, -0.15) is 0 Å². The first-order valence-corrected chi connectivity index (χ1v) is 9.38. The lowest BCUT2D eigenvalue weighted by Crippen LogP contribution is -2.35. The molecule has 22 heavy (non-hydrogen) atoms. The number of rotatable bonds is 2. The standard InChI is InChI=1S/C15H19N3O2S2/c1-11-15(21-12(2)16-11)22(19,20)18-9-8-17(3)10-13-6-4-5-7-14(13)18/h4-7H,8-10H2,1-3H3. The molecule has 1 aliphatic heterocycles. The van der Waals surface area contributed by atoms with Gasteiger partial charge in [0, 0.05) is 19.6 Å². The number of likely N-dealkylation sites (N-methyl/N-ethyl adjacent to an activating group) is 1. The molecule has 0 spiro atoms. The fourth-order valence-corrected chi connectivity index (χ4v) is 5.82. The summed E-state index contributed by atoms with van der Waals surface area (Å²) in [6, 6.07) is 7.71. The Morgan fingerprint density at radius 2 is 1.91 bits per heavy atom. The summed E-state index contributed by atoms with van der Waals surface area (Å²) in [5.74, 6) is 0. The Morgan fingerprint density at radius 1 is 1.18 bits per heavy atom. The lowest BCUT2D eigenvalue weighted by molar-refractivity contribution is 0.344. The highest BCUT2D eigenvalue weighted by Crippen LogP contribution is 2.33. The fourth-order valence-electron chi connectivity index (χ4n) is 2.74. The van der Waals surface area contributed by atoms with E-state index in [1.165, 1.54) is 15.6 Å². The van der Waals surface area contributed by atoms with Crippen LogP contribution < -0.4 is 4.31 Å². The maximum Gasteiger partial charge on any atom is 0.275 e. The minimum Gasteiger partial charge on any atom is -0.300 e. The van der Waals surface area contributed by atoms with Crippen molar-refractivity contribution in [2.45, 2.75) is 24.6 Å². The second-order valence-corrected chi connectivity index (χ2v) is 8.81. The normalized spacial score (nSPS) is 16.4. The van der Waals surface area contributed by atoms with Crippen molar-refractivity contribution in [3.63, 3.8) is 0 Å². The van der Waals surface area contributed by atoms with E-state index < -0.39 is 10.0 Å². The van der Waals surface area contributed by atoms with Gasteiger partial charge in [0.1, 0.15) is 0 Å². The van der Waals surface area contributed by atoms with E-state index in [0.717, 1.165) is 22.8 Å². The average Bonchev–Trinajstić information content (AvgIpc) is 2.70. The first-order chi connectivity index (χ1) is 10.4. The number of aromatic nitrogens is 1. The molecule has 0 radical (unpaired) electrons. The van der Waals surface area contributed by atoms with Crippen molar-refractivity contribution < 1.29 is 8.42 Å². The zero-order valence-electron chi connectivity index (χ0n) is 12.9. The van der Waals surface area contributed by atoms with Crippen LogP contribution in [0, 0.1) is 13.8 Å². The Bertz CT molecular complexity index is 799. The van der Waals surface area contributed by atoms with Gasteiger partial charge in [-0.3, -0.25) is 4.31 Å². The van der Waals surface area contributed by atoms with Crippen LogP contribution in [0.3, 0.4) is 0 Å². The SMILES string of the molecule is Cc1nc(C)c(S(=O)(=O)N2CCN(C)Cc3ccccc32)s1. The maximum atomic E-state index is 13.1. The van der Waals surface area contributed by atoms with E-state index >= 15 is 0 Å². The first-order valence-electron chi connectivity index (χ1n) is 7.13. The van der Waals surface area contributed by atoms with E-state index in [-0.39, 0.29) is 0 Å². The van der Waals surface area contributed by atoms with E-state index in [0.29, 0.717) is 23.0 Å². The van der Waals surface area contributed by atoms with E-state index in [1.807, 2.05) is 38.2 Å². The van der Waals surface area contributed by atoms with Crippen molar-refractivity contribution in [3.8, 4) is 0 Å². The molecule has 0 saturated carbocycles. The Hall–Kier alpha value is -1.44. The van der Waals surface area contributed by atoms with Gasteiger partial charge in [-0.15, -0.1) is 11.3 Å². The van der Waals surface area contributed by atoms with Gasteiger partial charge in [0.25, 0.3) is 10.0 Å². The average molecular weight is 337 g/mol. The third-order valence-corrected chi connectivity index (χ3v) is 7.24. The molecule has 0 amide bonds. The highest BCUT2D eigenvalue weighted by molar-refractivity contribution is 7.94. The minimum atomic E-state index is -3.57. The van der Waals surface area contributed by atoms with E-state index in [2.05, 4.69) is 9.88 Å². The number of benzene rings is 1. The maximum absolute atomic E-state index is 13.1. The van der Waals surface area contributed by atoms with Crippen LogP contribution >= 0.6 is 11.3 Å². The summed E-state index contributed by atoms with van der Waals surface area (Å²) >= 11 is 1.24. The molecular weight excluding hydrogens is 318 g/mol. The molecule has 0 saturated heterocycles. The first kappa shape index (κ1) is 15.5. The van der Waals surface area contributed by atoms with Gasteiger partial charge in [0.2, 0.25) is 0 Å². The largest absolute Gasteiger partial charge is 0.300 e. The second kappa shape index (κ2) is 5.64. The van der Waals surface area contributed by atoms with Gasteiger partial charge < -0.3 is 4.90 Å². The number of nitrogens with zero attached hydrogens (tertiary/aromatic N) is 3. The Labute approximate surface area is 135 Å². The van der Waals surface area contributed by atoms with Crippen molar-refractivity contribution >= 4 is 27.0 Å². The summed E-state index contributed by atoms with van der Waals surface area (Å²) < 4.78 is 28.1. The zero-order valence-corrected chi connectivity index (χ0v) is 14.5. The fraction of sp³-hybridized carbons (Fsp3) is 0.400. The molecule has 1 aliphatic rings. The van der Waals surface area contributed by atoms with Crippen molar-refractivity contribution in [2.75, 3.05) is 24.4 Å². The van der Waals surface area contributed by atoms with Crippen LogP contribution in [0.15, 0.2) is 28.5 Å². The second-order valence-electron chi connectivity index (χ2n) is 5.55. The van der Waals surface area contributed by atoms with Gasteiger partial charge in [0.15, 0.2) is 4.21 Å². The molecule has 0 bridgehead atoms. The van der Waals surface area contributed by atoms with E-state index in [9.17, 15) is 8.42 Å². The molecule has 0 atom stereocenters. The molecule has 7 heteroatoms. The Balaban J connectivity index is 2.13. The van der Waals surface area contributed by atoms with Crippen LogP contribution in [-0.4, -0.2) is 38.4 Å². The number of anilines is 1. The number of hydrogen-bond acceptors (Lipinski definition) is 5. The summed E-state index contributed by atoms with van der Waals surface area (Å²) in [6.45, 7) is 5.49. The smallest absolute Gasteiger partial charge is 0.275 e.